The van der Waals surface area contributed by atoms with Crippen molar-refractivity contribution >= 4 is 12.4 Å². The number of aliphatic hydroxyl groups is 1. The molecule has 10 heteroatoms. The summed E-state index contributed by atoms with van der Waals surface area (Å²) >= 11 is 0. The first kappa shape index (κ1) is 73.8. The van der Waals surface area contributed by atoms with E-state index in [1.807, 2.05) is 0 Å². The second-order valence-corrected chi connectivity index (χ2v) is 24.8. The van der Waals surface area contributed by atoms with Crippen LogP contribution in [0, 0.1) is 65.1 Å². The first-order valence-electron chi connectivity index (χ1n) is 30.8. The van der Waals surface area contributed by atoms with Gasteiger partial charge in [-0.3, -0.25) is 9.59 Å². The highest BCUT2D eigenvalue weighted by molar-refractivity contribution is 5.69. The summed E-state index contributed by atoms with van der Waals surface area (Å²) in [4.78, 5) is 25.5. The van der Waals surface area contributed by atoms with Gasteiger partial charge in [-0.1, -0.05) is 169 Å². The zero-order chi connectivity index (χ0) is 55.2. The highest BCUT2D eigenvalue weighted by atomic mass is 16.7. The number of ether oxygens (including phenoxy) is 6. The third-order valence-electron chi connectivity index (χ3n) is 14.6. The molecule has 73 heavy (non-hydrogen) atoms. The Balaban J connectivity index is 0. The predicted molar refractivity (Wildman–Crippen MR) is 309 cm³/mol. The summed E-state index contributed by atoms with van der Waals surface area (Å²) in [5, 5.41) is 9.18. The van der Waals surface area contributed by atoms with Crippen molar-refractivity contribution in [3.05, 3.63) is 0 Å². The predicted octanol–water partition coefficient (Wildman–Crippen LogP) is 16.4. The third-order valence-corrected chi connectivity index (χ3v) is 14.6. The van der Waals surface area contributed by atoms with Crippen molar-refractivity contribution in [2.75, 3.05) is 65.9 Å². The Morgan fingerprint density at radius 3 is 1.23 bits per heavy atom. The molecule has 0 aromatic carbocycles. The van der Waals surface area contributed by atoms with E-state index in [2.05, 4.69) is 116 Å². The molecule has 5 atom stereocenters. The van der Waals surface area contributed by atoms with Crippen molar-refractivity contribution in [2.24, 2.45) is 65.1 Å². The van der Waals surface area contributed by atoms with E-state index in [9.17, 15) is 14.7 Å². The molecule has 0 aromatic heterocycles. The molecule has 0 heterocycles. The molecule has 0 aliphatic carbocycles. The van der Waals surface area contributed by atoms with Crippen LogP contribution in [0.25, 0.3) is 0 Å². The fraction of sp³-hybridized carbons (Fsp3) is 0.968. The van der Waals surface area contributed by atoms with Crippen LogP contribution in [0.1, 0.15) is 252 Å². The Labute approximate surface area is 454 Å². The van der Waals surface area contributed by atoms with Crippen LogP contribution in [0.3, 0.4) is 0 Å². The highest BCUT2D eigenvalue weighted by Crippen LogP contribution is 2.26. The van der Waals surface area contributed by atoms with Crippen LogP contribution in [-0.2, 0) is 38.0 Å². The van der Waals surface area contributed by atoms with Crippen LogP contribution in [0.5, 0.6) is 0 Å². The summed E-state index contributed by atoms with van der Waals surface area (Å²) in [5.41, 5.74) is 0. The molecule has 1 N–H and O–H groups in total. The SMILES string of the molecule is CC(C)CCC(COC(CCC(=O)OCCCCCCN(CCCCO)CCCCCCOC=O)OCC(CCC(C)C)C(C)C)C(C)C.CCCC(OCC(C)CCC(C)C)OCC(CCC(C)C)C(C)C. The van der Waals surface area contributed by atoms with Gasteiger partial charge in [0.2, 0.25) is 0 Å². The largest absolute Gasteiger partial charge is 0.468 e. The van der Waals surface area contributed by atoms with Crippen LogP contribution in [0.4, 0.5) is 0 Å². The summed E-state index contributed by atoms with van der Waals surface area (Å²) in [6.45, 7) is 44.4. The maximum atomic E-state index is 12.7. The van der Waals surface area contributed by atoms with Crippen LogP contribution in [0.2, 0.25) is 0 Å². The van der Waals surface area contributed by atoms with Gasteiger partial charge in [-0.15, -0.1) is 0 Å². The van der Waals surface area contributed by atoms with Gasteiger partial charge >= 0.3 is 5.97 Å². The number of rotatable bonds is 51. The Kier molecular flexibility index (Phi) is 50.8. The maximum Gasteiger partial charge on any atom is 0.305 e. The lowest BCUT2D eigenvalue weighted by atomic mass is 9.89. The van der Waals surface area contributed by atoms with Crippen molar-refractivity contribution in [1.29, 1.82) is 0 Å². The van der Waals surface area contributed by atoms with Crippen LogP contribution in [0.15, 0.2) is 0 Å². The first-order valence-corrected chi connectivity index (χ1v) is 30.8. The summed E-state index contributed by atoms with van der Waals surface area (Å²) < 4.78 is 35.5. The Bertz CT molecular complexity index is 1150. The number of hydrogen-bond donors (Lipinski definition) is 1. The second-order valence-electron chi connectivity index (χ2n) is 24.8. The van der Waals surface area contributed by atoms with Gasteiger partial charge in [0, 0.05) is 13.0 Å². The standard InChI is InChI=1S/C41H81NO7.C22H46O2/c1-34(2)19-21-38(36(5)6)31-48-41(49-32-39(37(7)8)22-20-35(3)4)24-23-40(45)47-30-18-12-10-14-26-42(27-15-16-28-43)25-13-9-11-17-29-46-33-44;1-9-10-22(23-15-20(8)13-11-17(2)3)24-16-21(19(6)7)14-12-18(4)5/h33-39,41,43H,9-32H2,1-8H3;17-22H,9-16H2,1-8H3. The molecule has 438 valence electrons. The Morgan fingerprint density at radius 2 is 0.836 bits per heavy atom. The third kappa shape index (κ3) is 48.8. The number of hydrogen-bond acceptors (Lipinski definition) is 10. The minimum atomic E-state index is -0.384. The zero-order valence-electron chi connectivity index (χ0n) is 51.4. The van der Waals surface area contributed by atoms with Crippen molar-refractivity contribution in [1.82, 2.24) is 4.90 Å². The molecule has 0 aromatic rings. The average molecular weight is 1040 g/mol. The minimum Gasteiger partial charge on any atom is -0.468 e. The summed E-state index contributed by atoms with van der Waals surface area (Å²) in [5.74, 6) is 6.74. The van der Waals surface area contributed by atoms with Gasteiger partial charge in [-0.25, -0.2) is 0 Å². The topological polar surface area (TPSA) is 113 Å². The lowest BCUT2D eigenvalue weighted by Gasteiger charge is -2.28. The average Bonchev–Trinajstić information content (AvgIpc) is 3.32. The molecule has 10 nitrogen and oxygen atoms in total. The molecule has 0 saturated carbocycles. The summed E-state index contributed by atoms with van der Waals surface area (Å²) in [7, 11) is 0. The Morgan fingerprint density at radius 1 is 0.452 bits per heavy atom. The number of carbonyl (C=O) groups excluding carboxylic acids is 2. The van der Waals surface area contributed by atoms with Crippen molar-refractivity contribution in [3.8, 4) is 0 Å². The molecule has 0 aliphatic rings. The second kappa shape index (κ2) is 50.2. The van der Waals surface area contributed by atoms with Crippen LogP contribution < -0.4 is 0 Å². The number of aliphatic hydroxyl groups excluding tert-OH is 1. The normalized spacial score (nSPS) is 14.6. The van der Waals surface area contributed by atoms with E-state index in [1.54, 1.807) is 0 Å². The fourth-order valence-electron chi connectivity index (χ4n) is 8.79. The van der Waals surface area contributed by atoms with Gasteiger partial charge in [-0.2, -0.15) is 0 Å². The lowest BCUT2D eigenvalue weighted by Crippen LogP contribution is -2.28. The summed E-state index contributed by atoms with van der Waals surface area (Å²) in [6, 6.07) is 0. The van der Waals surface area contributed by atoms with Crippen molar-refractivity contribution < 1.29 is 43.1 Å². The van der Waals surface area contributed by atoms with E-state index in [0.717, 1.165) is 135 Å². The molecule has 0 radical (unpaired) electrons. The Hall–Kier alpha value is -1.30. The fourth-order valence-corrected chi connectivity index (χ4v) is 8.79. The van der Waals surface area contributed by atoms with Gasteiger partial charge in [0.05, 0.1) is 46.1 Å². The number of nitrogens with zero attached hydrogens (tertiary/aromatic N) is 1. The summed E-state index contributed by atoms with van der Waals surface area (Å²) in [6.07, 6.45) is 22.6. The molecule has 5 unspecified atom stereocenters. The zero-order valence-corrected chi connectivity index (χ0v) is 51.4. The molecular formula is C63H127NO9. The lowest BCUT2D eigenvalue weighted by molar-refractivity contribution is -0.171. The number of carbonyl (C=O) groups is 2. The highest BCUT2D eigenvalue weighted by Gasteiger charge is 2.23. The van der Waals surface area contributed by atoms with E-state index in [1.165, 1.54) is 38.5 Å². The molecule has 0 rings (SSSR count). The maximum absolute atomic E-state index is 12.7. The van der Waals surface area contributed by atoms with E-state index >= 15 is 0 Å². The van der Waals surface area contributed by atoms with Crippen LogP contribution >= 0.6 is 0 Å². The first-order chi connectivity index (χ1) is 34.7. The molecule has 0 amide bonds. The van der Waals surface area contributed by atoms with Gasteiger partial charge in [0.15, 0.2) is 12.6 Å². The quantitative estimate of drug-likeness (QED) is 0.0273. The molecular weight excluding hydrogens is 915 g/mol. The minimum absolute atomic E-state index is 0.0169. The smallest absolute Gasteiger partial charge is 0.305 e. The van der Waals surface area contributed by atoms with E-state index in [4.69, 9.17) is 28.4 Å². The molecule has 0 fully saturated rings. The van der Waals surface area contributed by atoms with E-state index < -0.39 is 0 Å². The van der Waals surface area contributed by atoms with Gasteiger partial charge in [-0.05, 0) is 155 Å². The van der Waals surface area contributed by atoms with Gasteiger partial charge in [0.1, 0.15) is 0 Å². The number of unbranched alkanes of at least 4 members (excludes halogenated alkanes) is 7. The van der Waals surface area contributed by atoms with E-state index in [-0.39, 0.29) is 25.2 Å². The monoisotopic (exact) mass is 1040 g/mol. The molecule has 0 bridgehead atoms. The molecule has 0 saturated heterocycles. The van der Waals surface area contributed by atoms with Gasteiger partial charge in [0.25, 0.3) is 6.47 Å². The molecule has 0 aliphatic heterocycles. The molecule has 0 spiro atoms. The van der Waals surface area contributed by atoms with Crippen molar-refractivity contribution in [2.45, 2.75) is 265 Å². The number of esters is 1. The van der Waals surface area contributed by atoms with Gasteiger partial charge < -0.3 is 38.4 Å². The van der Waals surface area contributed by atoms with Crippen molar-refractivity contribution in [3.63, 3.8) is 0 Å². The van der Waals surface area contributed by atoms with E-state index in [0.29, 0.717) is 99.0 Å². The van der Waals surface area contributed by atoms with Crippen LogP contribution in [-0.4, -0.2) is 101 Å².